The molecular formula is C23H32F3N5O. The lowest BCUT2D eigenvalue weighted by Gasteiger charge is -2.26. The molecule has 2 unspecified atom stereocenters. The SMILES string of the molecule is CCC(C)n1nc(-c2cnc(N)c(C(F)(F)F)c2)cc1[C@H]1[C@@H]2CC(N(C)CCOC)C[C@@H]21. The maximum atomic E-state index is 13.3. The van der Waals surface area contributed by atoms with Crippen molar-refractivity contribution in [2.24, 2.45) is 11.8 Å². The van der Waals surface area contributed by atoms with Crippen LogP contribution in [0, 0.1) is 11.8 Å². The molecule has 2 aliphatic rings. The van der Waals surface area contributed by atoms with Crippen molar-refractivity contribution in [2.75, 3.05) is 33.0 Å². The number of likely N-dealkylation sites (N-methyl/N-ethyl adjacent to an activating group) is 1. The first-order valence-corrected chi connectivity index (χ1v) is 11.3. The Bertz CT molecular complexity index is 948. The molecule has 0 bridgehead atoms. The van der Waals surface area contributed by atoms with Gasteiger partial charge in [-0.1, -0.05) is 6.92 Å². The van der Waals surface area contributed by atoms with E-state index in [0.29, 0.717) is 35.1 Å². The summed E-state index contributed by atoms with van der Waals surface area (Å²) < 4.78 is 47.2. The lowest BCUT2D eigenvalue weighted by atomic mass is 10.0. The Kier molecular flexibility index (Phi) is 6.24. The van der Waals surface area contributed by atoms with Gasteiger partial charge < -0.3 is 15.4 Å². The van der Waals surface area contributed by atoms with E-state index in [-0.39, 0.29) is 6.04 Å². The quantitative estimate of drug-likeness (QED) is 0.636. The topological polar surface area (TPSA) is 69.2 Å². The third-order valence-corrected chi connectivity index (χ3v) is 7.33. The van der Waals surface area contributed by atoms with Gasteiger partial charge >= 0.3 is 6.18 Å². The van der Waals surface area contributed by atoms with Gasteiger partial charge in [0.2, 0.25) is 0 Å². The lowest BCUT2D eigenvalue weighted by Crippen LogP contribution is -2.33. The van der Waals surface area contributed by atoms with E-state index in [1.807, 2.05) is 10.7 Å². The Morgan fingerprint density at radius 2 is 1.97 bits per heavy atom. The predicted octanol–water partition coefficient (Wildman–Crippen LogP) is 4.59. The van der Waals surface area contributed by atoms with Crippen molar-refractivity contribution in [3.63, 3.8) is 0 Å². The van der Waals surface area contributed by atoms with Gasteiger partial charge in [-0.05, 0) is 57.2 Å². The zero-order valence-electron chi connectivity index (χ0n) is 19.1. The average Bonchev–Trinajstić information content (AvgIpc) is 3.10. The van der Waals surface area contributed by atoms with E-state index < -0.39 is 17.6 Å². The standard InChI is InChI=1S/C23H32F3N5O/c1-5-13(2)31-20(21-16-9-15(10-17(16)21)30(3)6-7-32-4)11-19(29-31)14-8-18(23(24,25)26)22(27)28-12-14/h8,11-13,15-17,21H,5-7,9-10H2,1-4H3,(H2,27,28)/t13?,15?,16-,17+,21+. The largest absolute Gasteiger partial charge is 0.419 e. The van der Waals surface area contributed by atoms with Crippen molar-refractivity contribution in [2.45, 2.75) is 57.3 Å². The molecule has 0 aromatic carbocycles. The summed E-state index contributed by atoms with van der Waals surface area (Å²) in [7, 11) is 3.87. The predicted molar refractivity (Wildman–Crippen MR) is 117 cm³/mol. The molecule has 4 rings (SSSR count). The number of methoxy groups -OCH3 is 1. The number of ether oxygens (including phenoxy) is 1. The normalized spacial score (nSPS) is 25.9. The van der Waals surface area contributed by atoms with Gasteiger partial charge in [0, 0.05) is 49.1 Å². The van der Waals surface area contributed by atoms with Crippen molar-refractivity contribution in [3.8, 4) is 11.3 Å². The first-order chi connectivity index (χ1) is 15.2. The molecule has 0 amide bonds. The van der Waals surface area contributed by atoms with Crippen molar-refractivity contribution < 1.29 is 17.9 Å². The Morgan fingerprint density at radius 3 is 2.56 bits per heavy atom. The number of nitrogens with zero attached hydrogens (tertiary/aromatic N) is 4. The fourth-order valence-corrected chi connectivity index (χ4v) is 5.20. The maximum absolute atomic E-state index is 13.3. The van der Waals surface area contributed by atoms with E-state index in [0.717, 1.165) is 44.2 Å². The third-order valence-electron chi connectivity index (χ3n) is 7.33. The van der Waals surface area contributed by atoms with Crippen molar-refractivity contribution >= 4 is 5.82 Å². The minimum atomic E-state index is -4.55. The van der Waals surface area contributed by atoms with E-state index in [1.165, 1.54) is 6.20 Å². The molecular weight excluding hydrogens is 419 g/mol. The van der Waals surface area contributed by atoms with Crippen LogP contribution in [0.4, 0.5) is 19.0 Å². The first kappa shape index (κ1) is 23.0. The summed E-state index contributed by atoms with van der Waals surface area (Å²) in [5, 5.41) is 4.73. The molecule has 0 spiro atoms. The van der Waals surface area contributed by atoms with Crippen molar-refractivity contribution in [1.82, 2.24) is 19.7 Å². The third kappa shape index (κ3) is 4.24. The van der Waals surface area contributed by atoms with Gasteiger partial charge in [0.15, 0.2) is 0 Å². The van der Waals surface area contributed by atoms with Crippen LogP contribution in [0.15, 0.2) is 18.3 Å². The Hall–Kier alpha value is -2.13. The Balaban J connectivity index is 1.58. The fourth-order valence-electron chi connectivity index (χ4n) is 5.20. The smallest absolute Gasteiger partial charge is 0.383 e. The number of nitrogens with two attached hydrogens (primary N) is 1. The number of nitrogen functional groups attached to an aromatic ring is 1. The summed E-state index contributed by atoms with van der Waals surface area (Å²) in [6.45, 7) is 5.84. The van der Waals surface area contributed by atoms with Crippen LogP contribution in [0.5, 0.6) is 0 Å². The number of hydrogen-bond donors (Lipinski definition) is 1. The molecule has 9 heteroatoms. The van der Waals surface area contributed by atoms with Gasteiger partial charge in [-0.25, -0.2) is 4.98 Å². The van der Waals surface area contributed by atoms with Crippen molar-refractivity contribution in [3.05, 3.63) is 29.6 Å². The molecule has 176 valence electrons. The number of fused-ring (bicyclic) bond motifs is 1. The van der Waals surface area contributed by atoms with Crippen LogP contribution in [-0.4, -0.2) is 53.0 Å². The van der Waals surface area contributed by atoms with Crippen LogP contribution in [0.1, 0.15) is 56.3 Å². The zero-order valence-corrected chi connectivity index (χ0v) is 19.1. The highest BCUT2D eigenvalue weighted by Crippen LogP contribution is 2.64. The van der Waals surface area contributed by atoms with Gasteiger partial charge in [0.25, 0.3) is 0 Å². The highest BCUT2D eigenvalue weighted by Gasteiger charge is 2.58. The summed E-state index contributed by atoms with van der Waals surface area (Å²) in [5.41, 5.74) is 6.56. The lowest BCUT2D eigenvalue weighted by molar-refractivity contribution is -0.137. The zero-order chi connectivity index (χ0) is 23.2. The van der Waals surface area contributed by atoms with Gasteiger partial charge in [-0.15, -0.1) is 0 Å². The summed E-state index contributed by atoms with van der Waals surface area (Å²) in [5.74, 6) is 1.12. The van der Waals surface area contributed by atoms with Crippen LogP contribution in [0.2, 0.25) is 0 Å². The van der Waals surface area contributed by atoms with Crippen LogP contribution in [0.3, 0.4) is 0 Å². The Labute approximate surface area is 186 Å². The fraction of sp³-hybridized carbons (Fsp3) is 0.652. The van der Waals surface area contributed by atoms with Crippen LogP contribution in [0.25, 0.3) is 11.3 Å². The van der Waals surface area contributed by atoms with E-state index >= 15 is 0 Å². The maximum Gasteiger partial charge on any atom is 0.419 e. The van der Waals surface area contributed by atoms with Gasteiger partial charge in [-0.2, -0.15) is 18.3 Å². The number of alkyl halides is 3. The van der Waals surface area contributed by atoms with E-state index in [4.69, 9.17) is 15.6 Å². The minimum Gasteiger partial charge on any atom is -0.383 e. The number of anilines is 1. The Morgan fingerprint density at radius 1 is 1.28 bits per heavy atom. The van der Waals surface area contributed by atoms with E-state index in [9.17, 15) is 13.2 Å². The first-order valence-electron chi connectivity index (χ1n) is 11.3. The van der Waals surface area contributed by atoms with Crippen LogP contribution in [-0.2, 0) is 10.9 Å². The second-order valence-electron chi connectivity index (χ2n) is 9.26. The molecule has 2 N–H and O–H groups in total. The highest BCUT2D eigenvalue weighted by atomic mass is 19.4. The number of hydrogen-bond acceptors (Lipinski definition) is 5. The minimum absolute atomic E-state index is 0.170. The summed E-state index contributed by atoms with van der Waals surface area (Å²) >= 11 is 0. The molecule has 2 aliphatic carbocycles. The molecule has 2 aromatic rings. The summed E-state index contributed by atoms with van der Waals surface area (Å²) in [6.07, 6.45) is 0.00149. The molecule has 2 fully saturated rings. The molecule has 2 heterocycles. The molecule has 0 radical (unpaired) electrons. The average molecular weight is 452 g/mol. The highest BCUT2D eigenvalue weighted by molar-refractivity contribution is 5.63. The monoisotopic (exact) mass is 451 g/mol. The molecule has 0 aliphatic heterocycles. The molecule has 32 heavy (non-hydrogen) atoms. The summed E-state index contributed by atoms with van der Waals surface area (Å²) in [6, 6.07) is 3.76. The number of aromatic nitrogens is 3. The summed E-state index contributed by atoms with van der Waals surface area (Å²) in [4.78, 5) is 6.17. The van der Waals surface area contributed by atoms with E-state index in [1.54, 1.807) is 7.11 Å². The van der Waals surface area contributed by atoms with Crippen molar-refractivity contribution in [1.29, 1.82) is 0 Å². The van der Waals surface area contributed by atoms with Gasteiger partial charge in [0.1, 0.15) is 5.82 Å². The van der Waals surface area contributed by atoms with E-state index in [2.05, 4.69) is 30.8 Å². The van der Waals surface area contributed by atoms with Crippen LogP contribution < -0.4 is 5.73 Å². The molecule has 2 aromatic heterocycles. The second kappa shape index (κ2) is 8.67. The molecule has 0 saturated heterocycles. The van der Waals surface area contributed by atoms with Crippen LogP contribution >= 0.6 is 0 Å². The molecule has 6 nitrogen and oxygen atoms in total. The van der Waals surface area contributed by atoms with Gasteiger partial charge in [0.05, 0.1) is 17.9 Å². The number of pyridine rings is 1. The number of rotatable bonds is 8. The number of halogens is 3. The second-order valence-corrected chi connectivity index (χ2v) is 9.26. The molecule has 2 saturated carbocycles. The van der Waals surface area contributed by atoms with Gasteiger partial charge in [-0.3, -0.25) is 4.68 Å². The molecule has 5 atom stereocenters.